The van der Waals surface area contributed by atoms with Crippen LogP contribution in [0.3, 0.4) is 0 Å². The lowest BCUT2D eigenvalue weighted by Gasteiger charge is -2.30. The molecule has 25 heavy (non-hydrogen) atoms. The molecule has 0 N–H and O–H groups in total. The fourth-order valence-corrected chi connectivity index (χ4v) is 3.38. The Morgan fingerprint density at radius 3 is 2.80 bits per heavy atom. The standard InChI is InChI=1S/C20H33N3O2/c1-6-8-14-22-15-10-12-17(22)16-11-9-13-21-18(16)23(7-2)19(24)25-20(3,4)5/h9,11,13,17H,6-8,10,12,14-15H2,1-5H3/t17-/m0/s1. The number of carbonyl (C=O) groups excluding carboxylic acids is 1. The van der Waals surface area contributed by atoms with Crippen molar-refractivity contribution in [3.63, 3.8) is 0 Å². The molecule has 2 rings (SSSR count). The van der Waals surface area contributed by atoms with E-state index < -0.39 is 5.60 Å². The lowest BCUT2D eigenvalue weighted by atomic mass is 10.0. The summed E-state index contributed by atoms with van der Waals surface area (Å²) in [4.78, 5) is 21.4. The number of hydrogen-bond donors (Lipinski definition) is 0. The van der Waals surface area contributed by atoms with Crippen molar-refractivity contribution in [1.82, 2.24) is 9.88 Å². The molecule has 5 nitrogen and oxygen atoms in total. The molecule has 0 radical (unpaired) electrons. The highest BCUT2D eigenvalue weighted by Gasteiger charge is 2.31. The van der Waals surface area contributed by atoms with Crippen LogP contribution in [0.2, 0.25) is 0 Å². The first kappa shape index (κ1) is 19.7. The Morgan fingerprint density at radius 1 is 1.40 bits per heavy atom. The van der Waals surface area contributed by atoms with Crippen LogP contribution in [0.1, 0.15) is 71.9 Å². The summed E-state index contributed by atoms with van der Waals surface area (Å²) in [6, 6.07) is 4.43. The van der Waals surface area contributed by atoms with Crippen LogP contribution in [0.4, 0.5) is 10.6 Å². The molecule has 1 aliphatic rings. The average Bonchev–Trinajstić information content (AvgIpc) is 3.00. The van der Waals surface area contributed by atoms with Crippen LogP contribution in [-0.2, 0) is 4.74 Å². The number of pyridine rings is 1. The third-order valence-electron chi connectivity index (χ3n) is 4.52. The molecule has 0 unspecified atom stereocenters. The number of nitrogens with zero attached hydrogens (tertiary/aromatic N) is 3. The van der Waals surface area contributed by atoms with E-state index in [1.54, 1.807) is 11.1 Å². The van der Waals surface area contributed by atoms with E-state index >= 15 is 0 Å². The van der Waals surface area contributed by atoms with Gasteiger partial charge in [-0.15, -0.1) is 0 Å². The monoisotopic (exact) mass is 347 g/mol. The van der Waals surface area contributed by atoms with Crippen LogP contribution in [0, 0.1) is 0 Å². The molecular weight excluding hydrogens is 314 g/mol. The van der Waals surface area contributed by atoms with E-state index in [4.69, 9.17) is 4.74 Å². The molecule has 5 heteroatoms. The van der Waals surface area contributed by atoms with Gasteiger partial charge >= 0.3 is 6.09 Å². The predicted molar refractivity (Wildman–Crippen MR) is 102 cm³/mol. The molecule has 1 atom stereocenters. The third kappa shape index (κ3) is 5.18. The van der Waals surface area contributed by atoms with E-state index in [9.17, 15) is 4.79 Å². The van der Waals surface area contributed by atoms with Crippen LogP contribution >= 0.6 is 0 Å². The summed E-state index contributed by atoms with van der Waals surface area (Å²) >= 11 is 0. The molecule has 140 valence electrons. The molecule has 1 aliphatic heterocycles. The number of likely N-dealkylation sites (tertiary alicyclic amines) is 1. The van der Waals surface area contributed by atoms with Crippen LogP contribution in [0.15, 0.2) is 18.3 Å². The Labute approximate surface area is 152 Å². The minimum atomic E-state index is -0.514. The van der Waals surface area contributed by atoms with Gasteiger partial charge in [0.1, 0.15) is 11.4 Å². The molecule has 1 saturated heterocycles. The van der Waals surface area contributed by atoms with Crippen molar-refractivity contribution in [2.24, 2.45) is 0 Å². The van der Waals surface area contributed by atoms with Crippen molar-refractivity contribution >= 4 is 11.9 Å². The zero-order chi connectivity index (χ0) is 18.4. The first-order valence-corrected chi connectivity index (χ1v) is 9.56. The van der Waals surface area contributed by atoms with Gasteiger partial charge in [-0.3, -0.25) is 9.80 Å². The number of hydrogen-bond acceptors (Lipinski definition) is 4. The minimum Gasteiger partial charge on any atom is -0.443 e. The number of amides is 1. The number of ether oxygens (including phenoxy) is 1. The molecule has 1 fully saturated rings. The highest BCUT2D eigenvalue weighted by atomic mass is 16.6. The fraction of sp³-hybridized carbons (Fsp3) is 0.700. The second kappa shape index (κ2) is 8.65. The maximum absolute atomic E-state index is 12.7. The van der Waals surface area contributed by atoms with Gasteiger partial charge in [0.25, 0.3) is 0 Å². The van der Waals surface area contributed by atoms with Crippen LogP contribution < -0.4 is 4.90 Å². The molecule has 0 aromatic carbocycles. The topological polar surface area (TPSA) is 45.7 Å². The second-order valence-electron chi connectivity index (χ2n) is 7.69. The summed E-state index contributed by atoms with van der Waals surface area (Å²) in [7, 11) is 0. The molecule has 0 aliphatic carbocycles. The van der Waals surface area contributed by atoms with Gasteiger partial charge in [-0.25, -0.2) is 9.78 Å². The third-order valence-corrected chi connectivity index (χ3v) is 4.52. The Balaban J connectivity index is 2.28. The molecule has 0 spiro atoms. The van der Waals surface area contributed by atoms with Crippen molar-refractivity contribution in [2.75, 3.05) is 24.5 Å². The van der Waals surface area contributed by atoms with Gasteiger partial charge in [-0.2, -0.15) is 0 Å². The summed E-state index contributed by atoms with van der Waals surface area (Å²) in [5.74, 6) is 0.743. The lowest BCUT2D eigenvalue weighted by Crippen LogP contribution is -2.38. The van der Waals surface area contributed by atoms with E-state index in [-0.39, 0.29) is 6.09 Å². The Morgan fingerprint density at radius 2 is 2.16 bits per heavy atom. The molecule has 1 aromatic heterocycles. The van der Waals surface area contributed by atoms with Crippen LogP contribution in [-0.4, -0.2) is 41.2 Å². The van der Waals surface area contributed by atoms with Gasteiger partial charge in [0.2, 0.25) is 0 Å². The van der Waals surface area contributed by atoms with Gasteiger partial charge in [0.15, 0.2) is 0 Å². The first-order chi connectivity index (χ1) is 11.9. The summed E-state index contributed by atoms with van der Waals surface area (Å²) in [5, 5.41) is 0. The largest absolute Gasteiger partial charge is 0.443 e. The molecule has 1 aromatic rings. The quantitative estimate of drug-likeness (QED) is 0.743. The Hall–Kier alpha value is -1.62. The van der Waals surface area contributed by atoms with Crippen molar-refractivity contribution in [2.45, 2.75) is 71.9 Å². The van der Waals surface area contributed by atoms with Crippen molar-refractivity contribution in [3.8, 4) is 0 Å². The lowest BCUT2D eigenvalue weighted by molar-refractivity contribution is 0.0580. The summed E-state index contributed by atoms with van der Waals surface area (Å²) in [5.41, 5.74) is 0.628. The highest BCUT2D eigenvalue weighted by Crippen LogP contribution is 2.36. The van der Waals surface area contributed by atoms with E-state index in [2.05, 4.69) is 22.9 Å². The van der Waals surface area contributed by atoms with E-state index in [1.807, 2.05) is 33.8 Å². The maximum Gasteiger partial charge on any atom is 0.415 e. The number of rotatable bonds is 6. The van der Waals surface area contributed by atoms with Crippen molar-refractivity contribution in [1.29, 1.82) is 0 Å². The minimum absolute atomic E-state index is 0.326. The molecule has 0 bridgehead atoms. The molecule has 0 saturated carbocycles. The molecular formula is C20H33N3O2. The summed E-state index contributed by atoms with van der Waals surface area (Å²) in [6.07, 6.45) is 6.15. The Kier molecular flexibility index (Phi) is 6.82. The highest BCUT2D eigenvalue weighted by molar-refractivity contribution is 5.87. The molecule has 1 amide bonds. The zero-order valence-corrected chi connectivity index (χ0v) is 16.4. The van der Waals surface area contributed by atoms with Crippen LogP contribution in [0.25, 0.3) is 0 Å². The van der Waals surface area contributed by atoms with Gasteiger partial charge < -0.3 is 4.74 Å². The zero-order valence-electron chi connectivity index (χ0n) is 16.4. The van der Waals surface area contributed by atoms with Gasteiger partial charge in [-0.05, 0) is 66.1 Å². The number of unbranched alkanes of at least 4 members (excludes halogenated alkanes) is 1. The van der Waals surface area contributed by atoms with Crippen molar-refractivity contribution < 1.29 is 9.53 Å². The normalized spacial score (nSPS) is 18.4. The average molecular weight is 348 g/mol. The second-order valence-corrected chi connectivity index (χ2v) is 7.69. The van der Waals surface area contributed by atoms with Gasteiger partial charge in [0, 0.05) is 24.3 Å². The Bertz CT molecular complexity index is 568. The van der Waals surface area contributed by atoms with E-state index in [0.29, 0.717) is 12.6 Å². The number of carbonyl (C=O) groups is 1. The number of aromatic nitrogens is 1. The van der Waals surface area contributed by atoms with Gasteiger partial charge in [-0.1, -0.05) is 19.4 Å². The smallest absolute Gasteiger partial charge is 0.415 e. The van der Waals surface area contributed by atoms with E-state index in [1.165, 1.54) is 19.3 Å². The number of anilines is 1. The van der Waals surface area contributed by atoms with Crippen molar-refractivity contribution in [3.05, 3.63) is 23.9 Å². The molecule has 2 heterocycles. The SMILES string of the molecule is CCCCN1CCC[C@H]1c1cccnc1N(CC)C(=O)OC(C)(C)C. The van der Waals surface area contributed by atoms with Gasteiger partial charge in [0.05, 0.1) is 0 Å². The van der Waals surface area contributed by atoms with Crippen LogP contribution in [0.5, 0.6) is 0 Å². The summed E-state index contributed by atoms with van der Waals surface area (Å²) < 4.78 is 5.59. The fourth-order valence-electron chi connectivity index (χ4n) is 3.38. The predicted octanol–water partition coefficient (Wildman–Crippen LogP) is 4.78. The first-order valence-electron chi connectivity index (χ1n) is 9.56. The van der Waals surface area contributed by atoms with E-state index in [0.717, 1.165) is 30.9 Å². The maximum atomic E-state index is 12.7. The summed E-state index contributed by atoms with van der Waals surface area (Å²) in [6.45, 7) is 12.6.